The number of hydrogen-bond acceptors (Lipinski definition) is 5. The van der Waals surface area contributed by atoms with E-state index in [-0.39, 0.29) is 18.4 Å². The zero-order valence-electron chi connectivity index (χ0n) is 11.9. The summed E-state index contributed by atoms with van der Waals surface area (Å²) in [5.41, 5.74) is 0.470. The lowest BCUT2D eigenvalue weighted by molar-refractivity contribution is -0.141. The molecule has 8 heteroatoms. The van der Waals surface area contributed by atoms with Crippen molar-refractivity contribution in [3.8, 4) is 0 Å². The average molecular weight is 343 g/mol. The molecular weight excluding hydrogens is 328 g/mol. The Labute approximate surface area is 137 Å². The number of benzene rings is 1. The molecule has 1 N–H and O–H groups in total. The van der Waals surface area contributed by atoms with Crippen LogP contribution in [0.2, 0.25) is 5.02 Å². The third kappa shape index (κ3) is 3.92. The van der Waals surface area contributed by atoms with Crippen molar-refractivity contribution in [2.24, 2.45) is 0 Å². The third-order valence-corrected chi connectivity index (χ3v) is 4.44. The minimum absolute atomic E-state index is 0.209. The molecule has 0 aromatic heterocycles. The van der Waals surface area contributed by atoms with E-state index in [2.05, 4.69) is 10.1 Å². The second kappa shape index (κ2) is 7.51. The Morgan fingerprint density at radius 3 is 2.68 bits per heavy atom. The molecule has 1 aromatic rings. The van der Waals surface area contributed by atoms with Gasteiger partial charge >= 0.3 is 5.97 Å². The van der Waals surface area contributed by atoms with Crippen LogP contribution in [0.4, 0.5) is 0 Å². The Morgan fingerprint density at radius 2 is 2.05 bits per heavy atom. The molecule has 1 atom stereocenters. The summed E-state index contributed by atoms with van der Waals surface area (Å²) in [6.45, 7) is -0.209. The molecule has 0 spiro atoms. The van der Waals surface area contributed by atoms with Gasteiger partial charge in [0.25, 0.3) is 5.91 Å². The molecule has 1 aromatic carbocycles. The SMILES string of the molecule is COC(=O)CNC(=O)[C@H]1CSCN1C(=O)c1ccc(Cl)cc1. The third-order valence-electron chi connectivity index (χ3n) is 3.17. The van der Waals surface area contributed by atoms with Crippen molar-refractivity contribution in [2.75, 3.05) is 25.3 Å². The van der Waals surface area contributed by atoms with Gasteiger partial charge in [0.05, 0.1) is 13.0 Å². The van der Waals surface area contributed by atoms with Gasteiger partial charge in [-0.3, -0.25) is 14.4 Å². The molecule has 0 bridgehead atoms. The lowest BCUT2D eigenvalue weighted by atomic mass is 10.1. The fourth-order valence-electron chi connectivity index (χ4n) is 1.97. The fraction of sp³-hybridized carbons (Fsp3) is 0.357. The van der Waals surface area contributed by atoms with Crippen molar-refractivity contribution in [2.45, 2.75) is 6.04 Å². The van der Waals surface area contributed by atoms with Gasteiger partial charge in [-0.1, -0.05) is 11.6 Å². The molecule has 2 rings (SSSR count). The first-order chi connectivity index (χ1) is 10.5. The number of esters is 1. The maximum Gasteiger partial charge on any atom is 0.325 e. The summed E-state index contributed by atoms with van der Waals surface area (Å²) in [5, 5.41) is 3.02. The van der Waals surface area contributed by atoms with Crippen molar-refractivity contribution in [1.29, 1.82) is 0 Å². The number of ether oxygens (including phenoxy) is 1. The molecule has 1 fully saturated rings. The summed E-state index contributed by atoms with van der Waals surface area (Å²) in [4.78, 5) is 37.1. The van der Waals surface area contributed by atoms with Crippen molar-refractivity contribution in [1.82, 2.24) is 10.2 Å². The van der Waals surface area contributed by atoms with Crippen LogP contribution < -0.4 is 5.32 Å². The van der Waals surface area contributed by atoms with Crippen LogP contribution in [-0.2, 0) is 14.3 Å². The predicted molar refractivity (Wildman–Crippen MR) is 83.8 cm³/mol. The van der Waals surface area contributed by atoms with E-state index in [1.807, 2.05) is 0 Å². The van der Waals surface area contributed by atoms with Gasteiger partial charge < -0.3 is 15.0 Å². The Bertz CT molecular complexity index is 579. The molecule has 2 amide bonds. The number of thioether (sulfide) groups is 1. The van der Waals surface area contributed by atoms with Crippen LogP contribution in [0.5, 0.6) is 0 Å². The number of methoxy groups -OCH3 is 1. The van der Waals surface area contributed by atoms with Crippen molar-refractivity contribution in [3.63, 3.8) is 0 Å². The van der Waals surface area contributed by atoms with E-state index in [1.165, 1.54) is 23.8 Å². The van der Waals surface area contributed by atoms with Crippen LogP contribution in [0.1, 0.15) is 10.4 Å². The van der Waals surface area contributed by atoms with Crippen LogP contribution in [0, 0.1) is 0 Å². The standard InChI is InChI=1S/C14H15ClN2O4S/c1-21-12(18)6-16-13(19)11-7-22-8-17(11)14(20)9-2-4-10(15)5-3-9/h2-5,11H,6-8H2,1H3,(H,16,19)/t11-/m1/s1. The topological polar surface area (TPSA) is 75.7 Å². The number of hydrogen-bond donors (Lipinski definition) is 1. The molecule has 0 unspecified atom stereocenters. The van der Waals surface area contributed by atoms with Crippen LogP contribution in [0.15, 0.2) is 24.3 Å². The van der Waals surface area contributed by atoms with Gasteiger partial charge in [0.1, 0.15) is 12.6 Å². The Hall–Kier alpha value is -1.73. The highest BCUT2D eigenvalue weighted by atomic mass is 35.5. The van der Waals surface area contributed by atoms with Gasteiger partial charge in [0.2, 0.25) is 5.91 Å². The van der Waals surface area contributed by atoms with Crippen molar-refractivity contribution >= 4 is 41.1 Å². The molecule has 0 radical (unpaired) electrons. The Kier molecular flexibility index (Phi) is 5.68. The summed E-state index contributed by atoms with van der Waals surface area (Å²) in [7, 11) is 1.25. The highest BCUT2D eigenvalue weighted by Gasteiger charge is 2.35. The van der Waals surface area contributed by atoms with Gasteiger partial charge in [-0.05, 0) is 24.3 Å². The zero-order valence-corrected chi connectivity index (χ0v) is 13.4. The number of nitrogens with zero attached hydrogens (tertiary/aromatic N) is 1. The summed E-state index contributed by atoms with van der Waals surface area (Å²) in [6.07, 6.45) is 0. The maximum absolute atomic E-state index is 12.5. The average Bonchev–Trinajstić information content (AvgIpc) is 3.01. The van der Waals surface area contributed by atoms with Gasteiger partial charge in [-0.15, -0.1) is 11.8 Å². The quantitative estimate of drug-likeness (QED) is 0.831. The molecule has 1 aliphatic heterocycles. The fourth-order valence-corrected chi connectivity index (χ4v) is 3.25. The van der Waals surface area contributed by atoms with E-state index in [4.69, 9.17) is 11.6 Å². The first kappa shape index (κ1) is 16.6. The van der Waals surface area contributed by atoms with Gasteiger partial charge in [0.15, 0.2) is 0 Å². The van der Waals surface area contributed by atoms with Gasteiger partial charge in [0, 0.05) is 16.3 Å². The summed E-state index contributed by atoms with van der Waals surface area (Å²) >= 11 is 7.29. The second-order valence-corrected chi connectivity index (χ2v) is 6.03. The molecule has 6 nitrogen and oxygen atoms in total. The predicted octanol–water partition coefficient (Wildman–Crippen LogP) is 1.14. The van der Waals surface area contributed by atoms with E-state index in [0.717, 1.165) is 0 Å². The van der Waals surface area contributed by atoms with Crippen LogP contribution in [0.25, 0.3) is 0 Å². The Morgan fingerprint density at radius 1 is 1.36 bits per heavy atom. The summed E-state index contributed by atoms with van der Waals surface area (Å²) in [5.74, 6) is -0.212. The largest absolute Gasteiger partial charge is 0.468 e. The van der Waals surface area contributed by atoms with Gasteiger partial charge in [-0.2, -0.15) is 0 Å². The van der Waals surface area contributed by atoms with E-state index >= 15 is 0 Å². The summed E-state index contributed by atoms with van der Waals surface area (Å²) in [6, 6.07) is 5.90. The first-order valence-electron chi connectivity index (χ1n) is 6.51. The lowest BCUT2D eigenvalue weighted by Gasteiger charge is -2.23. The van der Waals surface area contributed by atoms with Gasteiger partial charge in [-0.25, -0.2) is 0 Å². The molecule has 0 saturated carbocycles. The number of halogens is 1. The molecule has 118 valence electrons. The monoisotopic (exact) mass is 342 g/mol. The molecule has 22 heavy (non-hydrogen) atoms. The molecule has 0 aliphatic carbocycles. The van der Waals surface area contributed by atoms with Crippen LogP contribution in [0.3, 0.4) is 0 Å². The van der Waals surface area contributed by atoms with E-state index in [1.54, 1.807) is 24.3 Å². The molecule has 1 saturated heterocycles. The molecule has 1 aliphatic rings. The Balaban J connectivity index is 2.03. The second-order valence-electron chi connectivity index (χ2n) is 4.59. The number of carbonyl (C=O) groups excluding carboxylic acids is 3. The lowest BCUT2D eigenvalue weighted by Crippen LogP contribution is -2.48. The number of amides is 2. The smallest absolute Gasteiger partial charge is 0.325 e. The first-order valence-corrected chi connectivity index (χ1v) is 8.05. The highest BCUT2D eigenvalue weighted by molar-refractivity contribution is 7.99. The normalized spacial score (nSPS) is 17.2. The number of rotatable bonds is 4. The zero-order chi connectivity index (χ0) is 16.1. The van der Waals surface area contributed by atoms with Crippen LogP contribution in [-0.4, -0.2) is 54.0 Å². The van der Waals surface area contributed by atoms with E-state index in [9.17, 15) is 14.4 Å². The minimum atomic E-state index is -0.599. The molecule has 1 heterocycles. The highest BCUT2D eigenvalue weighted by Crippen LogP contribution is 2.23. The van der Waals surface area contributed by atoms with Crippen molar-refractivity contribution < 1.29 is 19.1 Å². The number of nitrogens with one attached hydrogen (secondary N) is 1. The van der Waals surface area contributed by atoms with Crippen LogP contribution >= 0.6 is 23.4 Å². The minimum Gasteiger partial charge on any atom is -0.468 e. The van der Waals surface area contributed by atoms with Crippen molar-refractivity contribution in [3.05, 3.63) is 34.9 Å². The van der Waals surface area contributed by atoms with E-state index < -0.39 is 12.0 Å². The number of carbonyl (C=O) groups is 3. The molecular formula is C14H15ClN2O4S. The van der Waals surface area contributed by atoms with E-state index in [0.29, 0.717) is 22.2 Å². The maximum atomic E-state index is 12.5. The summed E-state index contributed by atoms with van der Waals surface area (Å²) < 4.78 is 4.47.